The maximum absolute atomic E-state index is 11.8. The molecular weight excluding hydrogens is 234 g/mol. The van der Waals surface area contributed by atoms with E-state index in [0.717, 1.165) is 12.0 Å². The van der Waals surface area contributed by atoms with Gasteiger partial charge in [-0.15, -0.1) is 0 Å². The summed E-state index contributed by atoms with van der Waals surface area (Å²) < 4.78 is 0. The Morgan fingerprint density at radius 2 is 1.63 bits per heavy atom. The number of carbonyl (C=O) groups excluding carboxylic acids is 1. The second-order valence-electron chi connectivity index (χ2n) is 5.00. The molecule has 0 unspecified atom stereocenters. The quantitative estimate of drug-likeness (QED) is 0.822. The molecule has 2 aromatic carbocycles. The molecule has 19 heavy (non-hydrogen) atoms. The molecule has 0 aromatic heterocycles. The van der Waals surface area contributed by atoms with Gasteiger partial charge in [-0.1, -0.05) is 36.4 Å². The van der Waals surface area contributed by atoms with Crippen molar-refractivity contribution < 1.29 is 4.79 Å². The smallest absolute Gasteiger partial charge is 0.253 e. The van der Waals surface area contributed by atoms with Gasteiger partial charge < -0.3 is 4.90 Å². The van der Waals surface area contributed by atoms with Crippen LogP contribution >= 0.6 is 0 Å². The largest absolute Gasteiger partial charge is 0.345 e. The average molecular weight is 253 g/mol. The van der Waals surface area contributed by atoms with Gasteiger partial charge in [0.1, 0.15) is 0 Å². The summed E-state index contributed by atoms with van der Waals surface area (Å²) in [6.45, 7) is 2.12. The molecule has 0 aliphatic carbocycles. The molecule has 0 saturated carbocycles. The number of carbonyl (C=O) groups is 1. The van der Waals surface area contributed by atoms with E-state index >= 15 is 0 Å². The van der Waals surface area contributed by atoms with Crippen molar-refractivity contribution in [2.75, 3.05) is 14.1 Å². The van der Waals surface area contributed by atoms with Crippen molar-refractivity contribution in [1.82, 2.24) is 4.90 Å². The van der Waals surface area contributed by atoms with Crippen molar-refractivity contribution in [3.8, 4) is 0 Å². The van der Waals surface area contributed by atoms with Crippen LogP contribution in [-0.4, -0.2) is 24.9 Å². The zero-order chi connectivity index (χ0) is 13.8. The molecule has 2 rings (SSSR count). The van der Waals surface area contributed by atoms with Gasteiger partial charge in [-0.3, -0.25) is 4.79 Å². The predicted molar refractivity (Wildman–Crippen MR) is 78.4 cm³/mol. The standard InChI is InChI=1S/C17H19NO/c1-13-6-4-5-7-16(13)12-14-8-10-15(11-9-14)17(19)18(2)3/h4-11H,12H2,1-3H3. The van der Waals surface area contributed by atoms with Crippen LogP contribution in [-0.2, 0) is 6.42 Å². The van der Waals surface area contributed by atoms with E-state index in [1.54, 1.807) is 19.0 Å². The van der Waals surface area contributed by atoms with Crippen LogP contribution in [0.25, 0.3) is 0 Å². The molecule has 2 nitrogen and oxygen atoms in total. The molecule has 0 aliphatic rings. The molecule has 0 saturated heterocycles. The summed E-state index contributed by atoms with van der Waals surface area (Å²) in [5.74, 6) is 0.0439. The molecular formula is C17H19NO. The Morgan fingerprint density at radius 1 is 1.00 bits per heavy atom. The second-order valence-corrected chi connectivity index (χ2v) is 5.00. The van der Waals surface area contributed by atoms with Crippen LogP contribution in [0, 0.1) is 6.92 Å². The second kappa shape index (κ2) is 5.70. The number of hydrogen-bond acceptors (Lipinski definition) is 1. The maximum atomic E-state index is 11.8. The Hall–Kier alpha value is -2.09. The van der Waals surface area contributed by atoms with Crippen molar-refractivity contribution in [3.05, 3.63) is 70.8 Å². The molecule has 0 atom stereocenters. The number of benzene rings is 2. The molecule has 0 aliphatic heterocycles. The maximum Gasteiger partial charge on any atom is 0.253 e. The van der Waals surface area contributed by atoms with E-state index in [2.05, 4.69) is 31.2 Å². The molecule has 98 valence electrons. The minimum atomic E-state index is 0.0439. The summed E-state index contributed by atoms with van der Waals surface area (Å²) >= 11 is 0. The van der Waals surface area contributed by atoms with Gasteiger partial charge in [-0.2, -0.15) is 0 Å². The lowest BCUT2D eigenvalue weighted by Crippen LogP contribution is -2.21. The third kappa shape index (κ3) is 3.22. The molecule has 0 fully saturated rings. The van der Waals surface area contributed by atoms with E-state index in [9.17, 15) is 4.79 Å². The Balaban J connectivity index is 2.16. The van der Waals surface area contributed by atoms with Gasteiger partial charge in [0, 0.05) is 19.7 Å². The minimum Gasteiger partial charge on any atom is -0.345 e. The lowest BCUT2D eigenvalue weighted by Gasteiger charge is -2.11. The molecule has 2 aromatic rings. The number of aryl methyl sites for hydroxylation is 1. The van der Waals surface area contributed by atoms with Crippen molar-refractivity contribution >= 4 is 5.91 Å². The molecule has 2 heteroatoms. The van der Waals surface area contributed by atoms with E-state index in [-0.39, 0.29) is 5.91 Å². The van der Waals surface area contributed by atoms with E-state index in [0.29, 0.717) is 0 Å². The number of amides is 1. The minimum absolute atomic E-state index is 0.0439. The van der Waals surface area contributed by atoms with Crippen LogP contribution < -0.4 is 0 Å². The zero-order valence-corrected chi connectivity index (χ0v) is 11.7. The van der Waals surface area contributed by atoms with Crippen LogP contribution in [0.2, 0.25) is 0 Å². The molecule has 0 heterocycles. The van der Waals surface area contributed by atoms with Gasteiger partial charge in [-0.05, 0) is 42.2 Å². The first-order valence-corrected chi connectivity index (χ1v) is 6.43. The fraction of sp³-hybridized carbons (Fsp3) is 0.235. The van der Waals surface area contributed by atoms with E-state index in [4.69, 9.17) is 0 Å². The first-order chi connectivity index (χ1) is 9.08. The first-order valence-electron chi connectivity index (χ1n) is 6.43. The van der Waals surface area contributed by atoms with Crippen LogP contribution in [0.15, 0.2) is 48.5 Å². The normalized spacial score (nSPS) is 10.3. The van der Waals surface area contributed by atoms with Gasteiger partial charge in [0.05, 0.1) is 0 Å². The molecule has 0 radical (unpaired) electrons. The van der Waals surface area contributed by atoms with E-state index in [1.807, 2.05) is 24.3 Å². The van der Waals surface area contributed by atoms with E-state index < -0.39 is 0 Å². The highest BCUT2D eigenvalue weighted by atomic mass is 16.2. The summed E-state index contributed by atoms with van der Waals surface area (Å²) in [6, 6.07) is 16.2. The molecule has 1 amide bonds. The van der Waals surface area contributed by atoms with Crippen LogP contribution in [0.1, 0.15) is 27.0 Å². The summed E-state index contributed by atoms with van der Waals surface area (Å²) in [4.78, 5) is 13.4. The van der Waals surface area contributed by atoms with Crippen molar-refractivity contribution in [1.29, 1.82) is 0 Å². The van der Waals surface area contributed by atoms with Gasteiger partial charge in [0.15, 0.2) is 0 Å². The van der Waals surface area contributed by atoms with E-state index in [1.165, 1.54) is 16.7 Å². The van der Waals surface area contributed by atoms with Crippen LogP contribution in [0.5, 0.6) is 0 Å². The average Bonchev–Trinajstić information content (AvgIpc) is 2.41. The highest BCUT2D eigenvalue weighted by Gasteiger charge is 2.07. The zero-order valence-electron chi connectivity index (χ0n) is 11.7. The summed E-state index contributed by atoms with van der Waals surface area (Å²) in [5, 5.41) is 0. The monoisotopic (exact) mass is 253 g/mol. The number of hydrogen-bond donors (Lipinski definition) is 0. The van der Waals surface area contributed by atoms with Gasteiger partial charge >= 0.3 is 0 Å². The van der Waals surface area contributed by atoms with Gasteiger partial charge in [0.2, 0.25) is 0 Å². The fourth-order valence-electron chi connectivity index (χ4n) is 2.05. The Morgan fingerprint density at radius 3 is 2.21 bits per heavy atom. The van der Waals surface area contributed by atoms with Crippen LogP contribution in [0.4, 0.5) is 0 Å². The topological polar surface area (TPSA) is 20.3 Å². The number of rotatable bonds is 3. The Bertz CT molecular complexity index is 570. The molecule has 0 spiro atoms. The molecule has 0 N–H and O–H groups in total. The number of nitrogens with zero attached hydrogens (tertiary/aromatic N) is 1. The third-order valence-corrected chi connectivity index (χ3v) is 3.26. The van der Waals surface area contributed by atoms with Crippen LogP contribution in [0.3, 0.4) is 0 Å². The fourth-order valence-corrected chi connectivity index (χ4v) is 2.05. The van der Waals surface area contributed by atoms with Crippen molar-refractivity contribution in [2.24, 2.45) is 0 Å². The first kappa shape index (κ1) is 13.3. The van der Waals surface area contributed by atoms with Gasteiger partial charge in [-0.25, -0.2) is 0 Å². The van der Waals surface area contributed by atoms with Gasteiger partial charge in [0.25, 0.3) is 5.91 Å². The molecule has 0 bridgehead atoms. The highest BCUT2D eigenvalue weighted by Crippen LogP contribution is 2.14. The lowest BCUT2D eigenvalue weighted by molar-refractivity contribution is 0.0827. The predicted octanol–water partition coefficient (Wildman–Crippen LogP) is 3.29. The highest BCUT2D eigenvalue weighted by molar-refractivity contribution is 5.93. The summed E-state index contributed by atoms with van der Waals surface area (Å²) in [5.41, 5.74) is 4.59. The Labute approximate surface area is 114 Å². The van der Waals surface area contributed by atoms with Crippen molar-refractivity contribution in [2.45, 2.75) is 13.3 Å². The Kier molecular flexibility index (Phi) is 4.00. The summed E-state index contributed by atoms with van der Waals surface area (Å²) in [7, 11) is 3.53. The third-order valence-electron chi connectivity index (χ3n) is 3.26. The van der Waals surface area contributed by atoms with Crippen molar-refractivity contribution in [3.63, 3.8) is 0 Å². The lowest BCUT2D eigenvalue weighted by atomic mass is 10.00. The SMILES string of the molecule is Cc1ccccc1Cc1ccc(C(=O)N(C)C)cc1. The summed E-state index contributed by atoms with van der Waals surface area (Å²) in [6.07, 6.45) is 0.906.